The number of amides is 1. The third-order valence-electron chi connectivity index (χ3n) is 3.35. The molecular weight excluding hydrogens is 262 g/mol. The standard InChI is InChI=1S/C13H15N3O4/c14-6-8-2-4-11(19-8)12(17)15-7-1-3-10-9(5-7)16-13(18)20-10/h1,3,5,8,11H,2,4,6,14H2,(H,15,17)(H,16,18). The average Bonchev–Trinajstić information content (AvgIpc) is 3.03. The minimum Gasteiger partial charge on any atom is -0.408 e. The van der Waals surface area contributed by atoms with Crippen LogP contribution in [0.15, 0.2) is 27.4 Å². The third-order valence-corrected chi connectivity index (χ3v) is 3.35. The first kappa shape index (κ1) is 12.9. The van der Waals surface area contributed by atoms with Crippen molar-refractivity contribution in [2.75, 3.05) is 11.9 Å². The van der Waals surface area contributed by atoms with Crippen molar-refractivity contribution < 1.29 is 13.9 Å². The Morgan fingerprint density at radius 1 is 1.45 bits per heavy atom. The van der Waals surface area contributed by atoms with E-state index in [0.717, 1.165) is 6.42 Å². The van der Waals surface area contributed by atoms with Gasteiger partial charge in [-0.15, -0.1) is 0 Å². The Balaban J connectivity index is 1.72. The van der Waals surface area contributed by atoms with Gasteiger partial charge in [-0.3, -0.25) is 9.78 Å². The molecule has 4 N–H and O–H groups in total. The van der Waals surface area contributed by atoms with E-state index in [0.29, 0.717) is 29.8 Å². The lowest BCUT2D eigenvalue weighted by Crippen LogP contribution is -2.29. The maximum Gasteiger partial charge on any atom is 0.417 e. The number of anilines is 1. The van der Waals surface area contributed by atoms with Gasteiger partial charge in [-0.25, -0.2) is 4.79 Å². The highest BCUT2D eigenvalue weighted by molar-refractivity contribution is 5.95. The largest absolute Gasteiger partial charge is 0.417 e. The number of hydrogen-bond acceptors (Lipinski definition) is 5. The summed E-state index contributed by atoms with van der Waals surface area (Å²) in [6.07, 6.45) is 0.947. The van der Waals surface area contributed by atoms with Gasteiger partial charge in [0.25, 0.3) is 5.91 Å². The summed E-state index contributed by atoms with van der Waals surface area (Å²) in [6.45, 7) is 0.423. The van der Waals surface area contributed by atoms with Gasteiger partial charge in [0.1, 0.15) is 6.10 Å². The molecule has 3 rings (SSSR count). The van der Waals surface area contributed by atoms with Gasteiger partial charge in [0, 0.05) is 12.2 Å². The van der Waals surface area contributed by atoms with E-state index in [1.165, 1.54) is 0 Å². The number of hydrogen-bond donors (Lipinski definition) is 3. The van der Waals surface area contributed by atoms with Crippen molar-refractivity contribution in [2.45, 2.75) is 25.0 Å². The Bertz CT molecular complexity index is 690. The van der Waals surface area contributed by atoms with E-state index in [2.05, 4.69) is 10.3 Å². The summed E-state index contributed by atoms with van der Waals surface area (Å²) in [6, 6.07) is 4.95. The maximum absolute atomic E-state index is 12.0. The van der Waals surface area contributed by atoms with Crippen molar-refractivity contribution in [1.29, 1.82) is 0 Å². The second kappa shape index (κ2) is 5.10. The van der Waals surface area contributed by atoms with Crippen molar-refractivity contribution in [3.05, 3.63) is 28.7 Å². The first-order valence-electron chi connectivity index (χ1n) is 6.45. The number of H-pyrrole nitrogens is 1. The number of fused-ring (bicyclic) bond motifs is 1. The highest BCUT2D eigenvalue weighted by atomic mass is 16.5. The molecule has 7 nitrogen and oxygen atoms in total. The number of ether oxygens (including phenoxy) is 1. The molecule has 0 saturated carbocycles. The second-order valence-corrected chi connectivity index (χ2v) is 4.77. The summed E-state index contributed by atoms with van der Waals surface area (Å²) >= 11 is 0. The Morgan fingerprint density at radius 3 is 3.05 bits per heavy atom. The van der Waals surface area contributed by atoms with Gasteiger partial charge in [-0.2, -0.15) is 0 Å². The van der Waals surface area contributed by atoms with Gasteiger partial charge in [0.2, 0.25) is 0 Å². The number of nitrogens with two attached hydrogens (primary N) is 1. The van der Waals surface area contributed by atoms with Gasteiger partial charge in [0.05, 0.1) is 11.6 Å². The molecule has 1 fully saturated rings. The van der Waals surface area contributed by atoms with Crippen LogP contribution in [0.5, 0.6) is 0 Å². The number of carbonyl (C=O) groups is 1. The zero-order valence-corrected chi connectivity index (χ0v) is 10.7. The Labute approximate surface area is 114 Å². The zero-order chi connectivity index (χ0) is 14.1. The van der Waals surface area contributed by atoms with Crippen LogP contribution >= 0.6 is 0 Å². The summed E-state index contributed by atoms with van der Waals surface area (Å²) in [7, 11) is 0. The van der Waals surface area contributed by atoms with Crippen LogP contribution < -0.4 is 16.8 Å². The van der Waals surface area contributed by atoms with Crippen molar-refractivity contribution in [3.8, 4) is 0 Å². The molecule has 0 radical (unpaired) electrons. The van der Waals surface area contributed by atoms with Crippen LogP contribution in [0.1, 0.15) is 12.8 Å². The predicted octanol–water partition coefficient (Wildman–Crippen LogP) is 0.566. The lowest BCUT2D eigenvalue weighted by molar-refractivity contribution is -0.126. The average molecular weight is 277 g/mol. The molecule has 1 aliphatic heterocycles. The monoisotopic (exact) mass is 277 g/mol. The molecule has 0 aliphatic carbocycles. The molecule has 1 amide bonds. The van der Waals surface area contributed by atoms with Crippen molar-refractivity contribution >= 4 is 22.7 Å². The van der Waals surface area contributed by atoms with E-state index in [4.69, 9.17) is 14.9 Å². The molecule has 1 saturated heterocycles. The molecule has 2 atom stereocenters. The molecule has 2 unspecified atom stereocenters. The van der Waals surface area contributed by atoms with Gasteiger partial charge in [0.15, 0.2) is 5.58 Å². The molecular formula is C13H15N3O4. The first-order valence-corrected chi connectivity index (χ1v) is 6.45. The van der Waals surface area contributed by atoms with Crippen LogP contribution in [0.25, 0.3) is 11.1 Å². The van der Waals surface area contributed by atoms with E-state index in [1.807, 2.05) is 0 Å². The predicted molar refractivity (Wildman–Crippen MR) is 72.4 cm³/mol. The second-order valence-electron chi connectivity index (χ2n) is 4.77. The number of benzene rings is 1. The minimum absolute atomic E-state index is 0.0431. The molecule has 1 aromatic carbocycles. The number of oxazole rings is 1. The van der Waals surface area contributed by atoms with Crippen LogP contribution in [-0.2, 0) is 9.53 Å². The molecule has 106 valence electrons. The summed E-state index contributed by atoms with van der Waals surface area (Å²) in [5.41, 5.74) is 7.09. The highest BCUT2D eigenvalue weighted by Gasteiger charge is 2.29. The van der Waals surface area contributed by atoms with Gasteiger partial charge >= 0.3 is 5.76 Å². The van der Waals surface area contributed by atoms with E-state index in [-0.39, 0.29) is 12.0 Å². The Morgan fingerprint density at radius 2 is 2.30 bits per heavy atom. The Hall–Kier alpha value is -2.12. The van der Waals surface area contributed by atoms with E-state index in [1.54, 1.807) is 18.2 Å². The molecule has 0 bridgehead atoms. The number of nitrogens with one attached hydrogen (secondary N) is 2. The minimum atomic E-state index is -0.520. The van der Waals surface area contributed by atoms with Gasteiger partial charge < -0.3 is 20.2 Å². The fourth-order valence-electron chi connectivity index (χ4n) is 2.32. The van der Waals surface area contributed by atoms with Crippen molar-refractivity contribution in [2.24, 2.45) is 5.73 Å². The molecule has 1 aliphatic rings. The van der Waals surface area contributed by atoms with Crippen LogP contribution in [0, 0.1) is 0 Å². The number of aromatic nitrogens is 1. The zero-order valence-electron chi connectivity index (χ0n) is 10.7. The number of carbonyl (C=O) groups excluding carboxylic acids is 1. The smallest absolute Gasteiger partial charge is 0.408 e. The van der Waals surface area contributed by atoms with E-state index in [9.17, 15) is 9.59 Å². The molecule has 1 aromatic heterocycles. The fourth-order valence-corrected chi connectivity index (χ4v) is 2.32. The summed E-state index contributed by atoms with van der Waals surface area (Å²) in [5, 5.41) is 2.76. The third kappa shape index (κ3) is 2.45. The van der Waals surface area contributed by atoms with Crippen molar-refractivity contribution in [3.63, 3.8) is 0 Å². The van der Waals surface area contributed by atoms with Gasteiger partial charge in [-0.1, -0.05) is 0 Å². The normalized spacial score (nSPS) is 22.2. The SMILES string of the molecule is NCC1CCC(C(=O)Nc2ccc3oc(=O)[nH]c3c2)O1. The molecule has 0 spiro atoms. The van der Waals surface area contributed by atoms with E-state index >= 15 is 0 Å². The topological polar surface area (TPSA) is 110 Å². The van der Waals surface area contributed by atoms with Crippen LogP contribution in [0.4, 0.5) is 5.69 Å². The quantitative estimate of drug-likeness (QED) is 0.759. The number of aromatic amines is 1. The van der Waals surface area contributed by atoms with Crippen LogP contribution in [0.3, 0.4) is 0 Å². The van der Waals surface area contributed by atoms with E-state index < -0.39 is 11.9 Å². The molecule has 2 aromatic rings. The summed E-state index contributed by atoms with van der Waals surface area (Å²) in [5.74, 6) is -0.723. The molecule has 7 heteroatoms. The number of rotatable bonds is 3. The summed E-state index contributed by atoms with van der Waals surface area (Å²) in [4.78, 5) is 25.6. The first-order chi connectivity index (χ1) is 9.65. The van der Waals surface area contributed by atoms with Crippen LogP contribution in [-0.4, -0.2) is 29.6 Å². The van der Waals surface area contributed by atoms with Gasteiger partial charge in [-0.05, 0) is 31.0 Å². The Kier molecular flexibility index (Phi) is 3.29. The lowest BCUT2D eigenvalue weighted by atomic mass is 10.2. The lowest BCUT2D eigenvalue weighted by Gasteiger charge is -2.12. The summed E-state index contributed by atoms with van der Waals surface area (Å²) < 4.78 is 10.4. The van der Waals surface area contributed by atoms with Crippen LogP contribution in [0.2, 0.25) is 0 Å². The maximum atomic E-state index is 12.0. The highest BCUT2D eigenvalue weighted by Crippen LogP contribution is 2.21. The molecule has 20 heavy (non-hydrogen) atoms. The molecule has 2 heterocycles. The fraction of sp³-hybridized carbons (Fsp3) is 0.385. The van der Waals surface area contributed by atoms with Crippen molar-refractivity contribution in [1.82, 2.24) is 4.98 Å².